The van der Waals surface area contributed by atoms with Crippen LogP contribution in [-0.4, -0.2) is 15.0 Å². The molecule has 2 N–H and O–H groups in total. The minimum Gasteiger partial charge on any atom is -0.458 e. The summed E-state index contributed by atoms with van der Waals surface area (Å²) >= 11 is 4.90. The van der Waals surface area contributed by atoms with Gasteiger partial charge in [-0.2, -0.15) is 0 Å². The molecule has 0 atom stereocenters. The van der Waals surface area contributed by atoms with E-state index >= 15 is 0 Å². The van der Waals surface area contributed by atoms with Crippen LogP contribution in [0, 0.1) is 6.92 Å². The second kappa shape index (κ2) is 11.2. The molecule has 114 valence electrons. The Hall–Kier alpha value is -0.400. The van der Waals surface area contributed by atoms with Gasteiger partial charge in [-0.15, -0.1) is 0 Å². The van der Waals surface area contributed by atoms with E-state index < -0.39 is 10.0 Å². The maximum atomic E-state index is 11.0. The molecule has 0 fully saturated rings. The fourth-order valence-electron chi connectivity index (χ4n) is 1.56. The molecule has 22 heavy (non-hydrogen) atoms. The summed E-state index contributed by atoms with van der Waals surface area (Å²) in [4.78, 5) is 0.114. The Bertz CT molecular complexity index is 634. The van der Waals surface area contributed by atoms with E-state index in [9.17, 15) is 8.42 Å². The van der Waals surface area contributed by atoms with Gasteiger partial charge in [-0.1, -0.05) is 48.0 Å². The van der Waals surface area contributed by atoms with Crippen LogP contribution in [-0.2, 0) is 16.4 Å². The van der Waals surface area contributed by atoms with Crippen molar-refractivity contribution in [2.75, 3.05) is 6.54 Å². The Kier molecular flexibility index (Phi) is 11.0. The van der Waals surface area contributed by atoms with Gasteiger partial charge < -0.3 is 9.97 Å². The topological polar surface area (TPSA) is 74.3 Å². The van der Waals surface area contributed by atoms with Gasteiger partial charge in [0.15, 0.2) is 0 Å². The monoisotopic (exact) mass is 348 g/mol. The Morgan fingerprint density at radius 3 is 2.05 bits per heavy atom. The van der Waals surface area contributed by atoms with Gasteiger partial charge in [-0.25, -0.2) is 8.42 Å². The van der Waals surface area contributed by atoms with Gasteiger partial charge in [0.1, 0.15) is 10.0 Å². The number of nitrogens with zero attached hydrogens (tertiary/aromatic N) is 1. The van der Waals surface area contributed by atoms with Crippen LogP contribution in [0.1, 0.15) is 11.1 Å². The molecular formula is C15H18ClN2NaO2S. The van der Waals surface area contributed by atoms with Crippen LogP contribution in [0.25, 0.3) is 4.24 Å². The first kappa shape index (κ1) is 21.6. The molecule has 0 spiro atoms. The number of rotatable bonds is 4. The third-order valence-corrected chi connectivity index (χ3v) is 4.28. The zero-order valence-corrected chi connectivity index (χ0v) is 16.3. The molecule has 0 unspecified atom stereocenters. The summed E-state index contributed by atoms with van der Waals surface area (Å²) in [6.07, 6.45) is 0.987. The Morgan fingerprint density at radius 1 is 1.05 bits per heavy atom. The van der Waals surface area contributed by atoms with Crippen molar-refractivity contribution < 1.29 is 38.0 Å². The summed E-state index contributed by atoms with van der Waals surface area (Å²) in [6, 6.07) is 16.6. The summed E-state index contributed by atoms with van der Waals surface area (Å²) in [5.41, 5.74) is 7.67. The van der Waals surface area contributed by atoms with Gasteiger partial charge in [-0.05, 0) is 37.6 Å². The first-order chi connectivity index (χ1) is 9.99. The summed E-state index contributed by atoms with van der Waals surface area (Å²) in [5.74, 6) is 0. The molecule has 0 aliphatic carbocycles. The number of aryl methyl sites for hydroxylation is 1. The minimum absolute atomic E-state index is 0. The molecular weight excluding hydrogens is 331 g/mol. The molecule has 7 heteroatoms. The van der Waals surface area contributed by atoms with Crippen LogP contribution in [0.15, 0.2) is 59.5 Å². The van der Waals surface area contributed by atoms with Gasteiger partial charge in [0, 0.05) is 4.90 Å². The van der Waals surface area contributed by atoms with Crippen molar-refractivity contribution >= 4 is 21.8 Å². The quantitative estimate of drug-likeness (QED) is 0.813. The molecule has 0 saturated heterocycles. The number of halogens is 1. The fraction of sp³-hybridized carbons (Fsp3) is 0.200. The van der Waals surface area contributed by atoms with Crippen LogP contribution in [0.3, 0.4) is 0 Å². The van der Waals surface area contributed by atoms with Gasteiger partial charge in [0.25, 0.3) is 0 Å². The molecule has 2 rings (SSSR count). The predicted octanol–water partition coefficient (Wildman–Crippen LogP) is 0.403. The Morgan fingerprint density at radius 2 is 1.59 bits per heavy atom. The smallest absolute Gasteiger partial charge is 0.458 e. The average Bonchev–Trinajstić information content (AvgIpc) is 2.50. The van der Waals surface area contributed by atoms with E-state index in [0.29, 0.717) is 0 Å². The van der Waals surface area contributed by atoms with Crippen LogP contribution in [0.4, 0.5) is 0 Å². The van der Waals surface area contributed by atoms with Gasteiger partial charge in [0.2, 0.25) is 0 Å². The van der Waals surface area contributed by atoms with Crippen molar-refractivity contribution in [1.29, 1.82) is 0 Å². The zero-order valence-electron chi connectivity index (χ0n) is 12.7. The third kappa shape index (κ3) is 7.74. The summed E-state index contributed by atoms with van der Waals surface area (Å²) in [7, 11) is -3.62. The molecule has 4 nitrogen and oxygen atoms in total. The molecule has 2 aromatic carbocycles. The van der Waals surface area contributed by atoms with E-state index in [-0.39, 0.29) is 34.5 Å². The van der Waals surface area contributed by atoms with Gasteiger partial charge in [0.05, 0.1) is 0 Å². The number of nitrogens with two attached hydrogens (primary N) is 1. The van der Waals surface area contributed by atoms with Crippen molar-refractivity contribution in [3.8, 4) is 0 Å². The molecule has 0 aromatic heterocycles. The summed E-state index contributed by atoms with van der Waals surface area (Å²) in [6.45, 7) is 2.61. The summed E-state index contributed by atoms with van der Waals surface area (Å²) in [5, 5.41) is 0. The van der Waals surface area contributed by atoms with Crippen molar-refractivity contribution in [1.82, 2.24) is 0 Å². The minimum atomic E-state index is -3.62. The van der Waals surface area contributed by atoms with E-state index in [0.717, 1.165) is 18.5 Å². The number of sulfonamides is 1. The van der Waals surface area contributed by atoms with E-state index in [1.807, 2.05) is 25.1 Å². The van der Waals surface area contributed by atoms with E-state index in [4.69, 9.17) is 17.5 Å². The summed E-state index contributed by atoms with van der Waals surface area (Å²) < 4.78 is 24.8. The third-order valence-electron chi connectivity index (χ3n) is 2.69. The Balaban J connectivity index is 0.000000397. The molecule has 0 aliphatic rings. The van der Waals surface area contributed by atoms with Crippen LogP contribution < -0.4 is 35.3 Å². The van der Waals surface area contributed by atoms with Crippen molar-refractivity contribution in [3.05, 3.63) is 70.0 Å². The molecule has 0 amide bonds. The second-order valence-corrected chi connectivity index (χ2v) is 6.35. The van der Waals surface area contributed by atoms with Crippen LogP contribution in [0.5, 0.6) is 0 Å². The first-order valence-electron chi connectivity index (χ1n) is 6.38. The first-order valence-corrected chi connectivity index (χ1v) is 8.16. The maximum absolute atomic E-state index is 11.0. The number of hydrogen-bond donors (Lipinski definition) is 1. The van der Waals surface area contributed by atoms with Crippen LogP contribution in [0.2, 0.25) is 0 Å². The molecule has 0 radical (unpaired) electrons. The van der Waals surface area contributed by atoms with Gasteiger partial charge in [-0.3, -0.25) is 11.8 Å². The Labute approximate surface area is 159 Å². The van der Waals surface area contributed by atoms with E-state index in [2.05, 4.69) is 16.4 Å². The largest absolute Gasteiger partial charge is 1.00 e. The zero-order chi connectivity index (χ0) is 15.7. The average molecular weight is 349 g/mol. The standard InChI is InChI=1S/C8H11N.C7H7ClNO2S.Na/c9-7-6-8-4-2-1-3-5-8;1-6-2-4-7(5-3-6)12(10,11)9-8;/h1-5H,6-7,9H2;2-5H,1H3;/q;-1;+1. The predicted molar refractivity (Wildman–Crippen MR) is 86.8 cm³/mol. The molecule has 0 heterocycles. The maximum Gasteiger partial charge on any atom is 1.00 e. The van der Waals surface area contributed by atoms with Crippen molar-refractivity contribution in [3.63, 3.8) is 0 Å². The van der Waals surface area contributed by atoms with Crippen LogP contribution >= 0.6 is 11.8 Å². The number of hydrogen-bond acceptors (Lipinski definition) is 3. The second-order valence-electron chi connectivity index (χ2n) is 4.38. The van der Waals surface area contributed by atoms with Crippen molar-refractivity contribution in [2.45, 2.75) is 18.2 Å². The SMILES string of the molecule is Cc1ccc(S(=O)(=O)[N-]Cl)cc1.NCCc1ccccc1.[Na+]. The number of benzene rings is 2. The molecule has 0 bridgehead atoms. The van der Waals surface area contributed by atoms with Gasteiger partial charge >= 0.3 is 29.6 Å². The van der Waals surface area contributed by atoms with E-state index in [1.165, 1.54) is 17.7 Å². The molecule has 2 aromatic rings. The normalized spacial score (nSPS) is 10.1. The molecule has 0 saturated carbocycles. The van der Waals surface area contributed by atoms with E-state index in [1.54, 1.807) is 12.1 Å². The fourth-order valence-corrected chi connectivity index (χ4v) is 2.36. The molecule has 0 aliphatic heterocycles. The van der Waals surface area contributed by atoms with Crippen molar-refractivity contribution in [2.24, 2.45) is 5.73 Å².